The summed E-state index contributed by atoms with van der Waals surface area (Å²) >= 11 is 0. The van der Waals surface area contributed by atoms with Crippen molar-refractivity contribution in [1.82, 2.24) is 9.29 Å². The molecule has 0 aliphatic carbocycles. The Hall–Kier alpha value is -1.05. The Balaban J connectivity index is 2.23. The van der Waals surface area contributed by atoms with E-state index < -0.39 is 15.8 Å². The van der Waals surface area contributed by atoms with Crippen LogP contribution in [0.15, 0.2) is 23.4 Å². The smallest absolute Gasteiger partial charge is 0.244 e. The second-order valence-corrected chi connectivity index (χ2v) is 6.55. The van der Waals surface area contributed by atoms with Crippen LogP contribution in [-0.2, 0) is 10.0 Å². The number of hydrogen-bond acceptors (Lipinski definition) is 4. The van der Waals surface area contributed by atoms with Crippen LogP contribution in [0.25, 0.3) is 0 Å². The number of rotatable bonds is 3. The first kappa shape index (κ1) is 13.4. The van der Waals surface area contributed by atoms with E-state index in [2.05, 4.69) is 4.98 Å². The summed E-state index contributed by atoms with van der Waals surface area (Å²) in [5.74, 6) is -0.500. The van der Waals surface area contributed by atoms with Gasteiger partial charge >= 0.3 is 0 Å². The average Bonchev–Trinajstić information content (AvgIpc) is 2.79. The van der Waals surface area contributed by atoms with Crippen LogP contribution in [0.1, 0.15) is 13.3 Å². The summed E-state index contributed by atoms with van der Waals surface area (Å²) in [7, 11) is -3.65. The third-order valence-electron chi connectivity index (χ3n) is 3.25. The van der Waals surface area contributed by atoms with Gasteiger partial charge in [-0.25, -0.2) is 12.8 Å². The van der Waals surface area contributed by atoms with Gasteiger partial charge in [0.05, 0.1) is 6.20 Å². The molecule has 1 aromatic rings. The molecular weight excluding hydrogens is 257 g/mol. The highest BCUT2D eigenvalue weighted by molar-refractivity contribution is 7.89. The summed E-state index contributed by atoms with van der Waals surface area (Å²) in [6.45, 7) is 2.67. The standard InChI is InChI=1S/C11H16FN3O2S/c1-8(13)9-2-3-15(7-9)18(16,17)11-4-10(12)5-14-6-11/h4-6,8-9H,2-3,7,13H2,1H3. The zero-order chi connectivity index (χ0) is 13.3. The van der Waals surface area contributed by atoms with Crippen molar-refractivity contribution < 1.29 is 12.8 Å². The largest absolute Gasteiger partial charge is 0.328 e. The van der Waals surface area contributed by atoms with Crippen molar-refractivity contribution in [2.75, 3.05) is 13.1 Å². The second kappa shape index (κ2) is 4.91. The average molecular weight is 273 g/mol. The maximum Gasteiger partial charge on any atom is 0.244 e. The molecule has 1 saturated heterocycles. The monoisotopic (exact) mass is 273 g/mol. The molecule has 1 aliphatic heterocycles. The normalized spacial score (nSPS) is 23.2. The number of sulfonamides is 1. The highest BCUT2D eigenvalue weighted by atomic mass is 32.2. The molecule has 100 valence electrons. The van der Waals surface area contributed by atoms with Crippen LogP contribution in [0.4, 0.5) is 4.39 Å². The van der Waals surface area contributed by atoms with Gasteiger partial charge in [0, 0.05) is 25.3 Å². The van der Waals surface area contributed by atoms with E-state index in [0.717, 1.165) is 24.9 Å². The van der Waals surface area contributed by atoms with Gasteiger partial charge in [0.2, 0.25) is 10.0 Å². The molecule has 5 nitrogen and oxygen atoms in total. The molecule has 0 aromatic carbocycles. The third-order valence-corrected chi connectivity index (χ3v) is 5.08. The summed E-state index contributed by atoms with van der Waals surface area (Å²) in [6.07, 6.45) is 2.88. The van der Waals surface area contributed by atoms with Crippen molar-refractivity contribution in [3.63, 3.8) is 0 Å². The van der Waals surface area contributed by atoms with E-state index in [1.807, 2.05) is 6.92 Å². The second-order valence-electron chi connectivity index (χ2n) is 4.61. The topological polar surface area (TPSA) is 76.3 Å². The van der Waals surface area contributed by atoms with Crippen LogP contribution in [0.5, 0.6) is 0 Å². The highest BCUT2D eigenvalue weighted by Gasteiger charge is 2.34. The van der Waals surface area contributed by atoms with Gasteiger partial charge in [0.1, 0.15) is 10.7 Å². The SMILES string of the molecule is CC(N)C1CCN(S(=O)(=O)c2cncc(F)c2)C1. The van der Waals surface area contributed by atoms with E-state index in [-0.39, 0.29) is 16.9 Å². The summed E-state index contributed by atoms with van der Waals surface area (Å²) < 4.78 is 38.8. The number of pyridine rings is 1. The molecule has 2 unspecified atom stereocenters. The van der Waals surface area contributed by atoms with Gasteiger partial charge in [0.15, 0.2) is 0 Å². The first-order chi connectivity index (χ1) is 8.41. The zero-order valence-corrected chi connectivity index (χ0v) is 10.9. The molecule has 0 spiro atoms. The van der Waals surface area contributed by atoms with E-state index in [1.165, 1.54) is 4.31 Å². The number of hydrogen-bond donors (Lipinski definition) is 1. The Morgan fingerprint density at radius 3 is 2.83 bits per heavy atom. The van der Waals surface area contributed by atoms with Gasteiger partial charge in [-0.15, -0.1) is 0 Å². The van der Waals surface area contributed by atoms with Crippen molar-refractivity contribution in [3.05, 3.63) is 24.3 Å². The Kier molecular flexibility index (Phi) is 3.65. The van der Waals surface area contributed by atoms with Crippen molar-refractivity contribution in [1.29, 1.82) is 0 Å². The number of halogens is 1. The zero-order valence-electron chi connectivity index (χ0n) is 10.1. The molecule has 1 aliphatic rings. The Morgan fingerprint density at radius 1 is 1.56 bits per heavy atom. The quantitative estimate of drug-likeness (QED) is 0.874. The van der Waals surface area contributed by atoms with Crippen molar-refractivity contribution in [2.45, 2.75) is 24.3 Å². The van der Waals surface area contributed by atoms with Gasteiger partial charge in [-0.1, -0.05) is 0 Å². The molecule has 2 heterocycles. The van der Waals surface area contributed by atoms with Crippen molar-refractivity contribution in [2.24, 2.45) is 11.7 Å². The van der Waals surface area contributed by atoms with Gasteiger partial charge < -0.3 is 5.73 Å². The van der Waals surface area contributed by atoms with E-state index in [9.17, 15) is 12.8 Å². The van der Waals surface area contributed by atoms with Crippen LogP contribution < -0.4 is 5.73 Å². The third kappa shape index (κ3) is 2.52. The Labute approximate surface area is 106 Å². The highest BCUT2D eigenvalue weighted by Crippen LogP contribution is 2.25. The minimum atomic E-state index is -3.65. The first-order valence-electron chi connectivity index (χ1n) is 5.77. The lowest BCUT2D eigenvalue weighted by Crippen LogP contribution is -2.33. The lowest BCUT2D eigenvalue weighted by Gasteiger charge is -2.17. The molecule has 0 amide bonds. The summed E-state index contributed by atoms with van der Waals surface area (Å²) in [5, 5.41) is 0. The predicted molar refractivity (Wildman–Crippen MR) is 64.7 cm³/mol. The van der Waals surface area contributed by atoms with E-state index in [1.54, 1.807) is 0 Å². The maximum absolute atomic E-state index is 13.0. The molecular formula is C11H16FN3O2S. The van der Waals surface area contributed by atoms with Crippen molar-refractivity contribution >= 4 is 10.0 Å². The van der Waals surface area contributed by atoms with Crippen LogP contribution in [0.3, 0.4) is 0 Å². The molecule has 1 aromatic heterocycles. The molecule has 2 N–H and O–H groups in total. The van der Waals surface area contributed by atoms with Crippen LogP contribution >= 0.6 is 0 Å². The predicted octanol–water partition coefficient (Wildman–Crippen LogP) is 0.579. The number of nitrogens with two attached hydrogens (primary N) is 1. The molecule has 18 heavy (non-hydrogen) atoms. The summed E-state index contributed by atoms with van der Waals surface area (Å²) in [5.41, 5.74) is 5.77. The van der Waals surface area contributed by atoms with Gasteiger partial charge in [0.25, 0.3) is 0 Å². The number of aromatic nitrogens is 1. The first-order valence-corrected chi connectivity index (χ1v) is 7.21. The van der Waals surface area contributed by atoms with E-state index in [0.29, 0.717) is 13.1 Å². The van der Waals surface area contributed by atoms with Gasteiger partial charge in [-0.05, 0) is 25.3 Å². The summed E-state index contributed by atoms with van der Waals surface area (Å²) in [6, 6.07) is 0.942. The summed E-state index contributed by atoms with van der Waals surface area (Å²) in [4.78, 5) is 3.47. The molecule has 0 radical (unpaired) electrons. The molecule has 1 fully saturated rings. The number of nitrogens with zero attached hydrogens (tertiary/aromatic N) is 2. The van der Waals surface area contributed by atoms with Crippen LogP contribution in [-0.4, -0.2) is 36.8 Å². The van der Waals surface area contributed by atoms with Gasteiger partial charge in [-0.3, -0.25) is 4.98 Å². The molecule has 0 bridgehead atoms. The fourth-order valence-electron chi connectivity index (χ4n) is 2.08. The fraction of sp³-hybridized carbons (Fsp3) is 0.545. The van der Waals surface area contributed by atoms with Crippen LogP contribution in [0.2, 0.25) is 0 Å². The molecule has 7 heteroatoms. The minimum Gasteiger partial charge on any atom is -0.328 e. The van der Waals surface area contributed by atoms with E-state index in [4.69, 9.17) is 5.73 Å². The molecule has 2 rings (SSSR count). The minimum absolute atomic E-state index is 0.0455. The lowest BCUT2D eigenvalue weighted by molar-refractivity contribution is 0.428. The Bertz CT molecular complexity index is 533. The fourth-order valence-corrected chi connectivity index (χ4v) is 3.57. The maximum atomic E-state index is 13.0. The lowest BCUT2D eigenvalue weighted by atomic mass is 10.0. The van der Waals surface area contributed by atoms with E-state index >= 15 is 0 Å². The van der Waals surface area contributed by atoms with Crippen molar-refractivity contribution in [3.8, 4) is 0 Å². The van der Waals surface area contributed by atoms with Gasteiger partial charge in [-0.2, -0.15) is 4.31 Å². The molecule has 2 atom stereocenters. The molecule has 0 saturated carbocycles. The Morgan fingerprint density at radius 2 is 2.28 bits per heavy atom. The van der Waals surface area contributed by atoms with Crippen LogP contribution in [0, 0.1) is 11.7 Å².